The maximum absolute atomic E-state index is 12.0. The maximum Gasteiger partial charge on any atom is 0.285 e. The first kappa shape index (κ1) is 13.9. The largest absolute Gasteiger partial charge is 0.285 e. The molecule has 25 heavy (non-hydrogen) atoms. The fraction of sp³-hybridized carbons (Fsp3) is 0. The summed E-state index contributed by atoms with van der Waals surface area (Å²) in [6.07, 6.45) is 0. The zero-order valence-corrected chi connectivity index (χ0v) is 13.3. The van der Waals surface area contributed by atoms with E-state index in [-0.39, 0.29) is 10.6 Å². The van der Waals surface area contributed by atoms with Gasteiger partial charge in [-0.1, -0.05) is 66.7 Å². The second kappa shape index (κ2) is 5.02. The minimum Gasteiger partial charge on any atom is -0.258 e. The van der Waals surface area contributed by atoms with Gasteiger partial charge in [-0.05, 0) is 44.5 Å². The summed E-state index contributed by atoms with van der Waals surface area (Å²) in [4.78, 5) is 11.8. The Morgan fingerprint density at radius 1 is 0.600 bits per heavy atom. The highest BCUT2D eigenvalue weighted by Gasteiger charge is 2.20. The predicted molar refractivity (Wildman–Crippen MR) is 103 cm³/mol. The molecule has 0 spiro atoms. The molecule has 0 bridgehead atoms. The third-order valence-electron chi connectivity index (χ3n) is 4.91. The lowest BCUT2D eigenvalue weighted by Crippen LogP contribution is -1.93. The van der Waals surface area contributed by atoms with Gasteiger partial charge in [0.2, 0.25) is 0 Å². The molecule has 0 radical (unpaired) electrons. The van der Waals surface area contributed by atoms with Crippen molar-refractivity contribution in [1.82, 2.24) is 0 Å². The van der Waals surface area contributed by atoms with Gasteiger partial charge in [0.25, 0.3) is 5.69 Å². The smallest absolute Gasteiger partial charge is 0.258 e. The number of hydrogen-bond acceptors (Lipinski definition) is 2. The normalized spacial score (nSPS) is 11.5. The van der Waals surface area contributed by atoms with Crippen molar-refractivity contribution in [2.75, 3.05) is 0 Å². The second-order valence-electron chi connectivity index (χ2n) is 6.25. The van der Waals surface area contributed by atoms with E-state index in [9.17, 15) is 10.1 Å². The van der Waals surface area contributed by atoms with Gasteiger partial charge in [-0.15, -0.1) is 0 Å². The predicted octanol–water partition coefficient (Wildman–Crippen LogP) is 6.21. The third kappa shape index (κ3) is 1.93. The van der Waals surface area contributed by atoms with E-state index in [1.807, 2.05) is 72.8 Å². The summed E-state index contributed by atoms with van der Waals surface area (Å²) >= 11 is 0. The molecule has 0 aliphatic heterocycles. The van der Waals surface area contributed by atoms with E-state index < -0.39 is 0 Å². The fourth-order valence-corrected chi connectivity index (χ4v) is 3.81. The molecule has 0 aromatic heterocycles. The van der Waals surface area contributed by atoms with Crippen molar-refractivity contribution in [3.05, 3.63) is 89.0 Å². The molecule has 118 valence electrons. The fourth-order valence-electron chi connectivity index (χ4n) is 3.81. The summed E-state index contributed by atoms with van der Waals surface area (Å²) in [6.45, 7) is 0. The Labute approximate surface area is 143 Å². The average Bonchev–Trinajstić information content (AvgIpc) is 2.65. The summed E-state index contributed by atoms with van der Waals surface area (Å²) in [5.74, 6) is 0. The van der Waals surface area contributed by atoms with Crippen LogP contribution in [0.2, 0.25) is 0 Å². The number of nitrogens with zero attached hydrogens (tertiary/aromatic N) is 1. The first-order chi connectivity index (χ1) is 12.2. The third-order valence-corrected chi connectivity index (χ3v) is 4.91. The Hall–Kier alpha value is -3.46. The van der Waals surface area contributed by atoms with E-state index >= 15 is 0 Å². The highest BCUT2D eigenvalue weighted by molar-refractivity contribution is 6.23. The van der Waals surface area contributed by atoms with Crippen LogP contribution in [0.4, 0.5) is 5.69 Å². The lowest BCUT2D eigenvalue weighted by atomic mass is 9.93. The van der Waals surface area contributed by atoms with Gasteiger partial charge in [-0.2, -0.15) is 0 Å². The molecule has 0 heterocycles. The first-order valence-corrected chi connectivity index (χ1v) is 8.14. The monoisotopic (exact) mass is 323 g/mol. The molecule has 5 aromatic carbocycles. The van der Waals surface area contributed by atoms with Gasteiger partial charge in [-0.3, -0.25) is 10.1 Å². The highest BCUT2D eigenvalue weighted by Crippen LogP contribution is 2.40. The van der Waals surface area contributed by atoms with Crippen molar-refractivity contribution >= 4 is 48.8 Å². The van der Waals surface area contributed by atoms with Crippen LogP contribution >= 0.6 is 0 Å². The maximum atomic E-state index is 12.0. The molecule has 0 aliphatic carbocycles. The van der Waals surface area contributed by atoms with E-state index in [0.29, 0.717) is 10.8 Å². The summed E-state index contributed by atoms with van der Waals surface area (Å²) in [5, 5.41) is 19.3. The van der Waals surface area contributed by atoms with Crippen molar-refractivity contribution in [2.24, 2.45) is 0 Å². The van der Waals surface area contributed by atoms with Gasteiger partial charge in [0.05, 0.1) is 15.7 Å². The molecule has 0 N–H and O–H groups in total. The van der Waals surface area contributed by atoms with E-state index in [1.54, 1.807) is 0 Å². The summed E-state index contributed by atoms with van der Waals surface area (Å²) in [6, 6.07) is 25.7. The topological polar surface area (TPSA) is 43.1 Å². The van der Waals surface area contributed by atoms with E-state index in [2.05, 4.69) is 6.07 Å². The van der Waals surface area contributed by atoms with Gasteiger partial charge in [0, 0.05) is 0 Å². The number of nitro groups is 1. The minimum absolute atomic E-state index is 0.190. The Morgan fingerprint density at radius 3 is 1.96 bits per heavy atom. The molecule has 0 saturated carbocycles. The molecular weight excluding hydrogens is 310 g/mol. The van der Waals surface area contributed by atoms with Gasteiger partial charge >= 0.3 is 0 Å². The molecule has 0 unspecified atom stereocenters. The molecule has 0 atom stereocenters. The number of fused-ring (bicyclic) bond motifs is 6. The highest BCUT2D eigenvalue weighted by atomic mass is 16.6. The summed E-state index contributed by atoms with van der Waals surface area (Å²) in [5.41, 5.74) is 0.190. The van der Waals surface area contributed by atoms with Crippen LogP contribution in [-0.4, -0.2) is 4.92 Å². The average molecular weight is 323 g/mol. The number of rotatable bonds is 1. The van der Waals surface area contributed by atoms with Gasteiger partial charge in [0.1, 0.15) is 0 Å². The zero-order valence-electron chi connectivity index (χ0n) is 13.3. The number of benzene rings is 5. The van der Waals surface area contributed by atoms with Crippen LogP contribution in [0.25, 0.3) is 43.1 Å². The molecule has 3 heteroatoms. The van der Waals surface area contributed by atoms with Crippen LogP contribution in [-0.2, 0) is 0 Å². The lowest BCUT2D eigenvalue weighted by molar-refractivity contribution is -0.381. The minimum atomic E-state index is -0.244. The number of nitro benzene ring substituents is 1. The van der Waals surface area contributed by atoms with Crippen LogP contribution in [0.1, 0.15) is 0 Å². The Bertz CT molecular complexity index is 1320. The van der Waals surface area contributed by atoms with Crippen molar-refractivity contribution in [3.63, 3.8) is 0 Å². The van der Waals surface area contributed by atoms with E-state index in [1.165, 1.54) is 0 Å². The summed E-state index contributed by atoms with van der Waals surface area (Å²) < 4.78 is 0. The van der Waals surface area contributed by atoms with E-state index in [0.717, 1.165) is 32.3 Å². The molecule has 5 aromatic rings. The van der Waals surface area contributed by atoms with Crippen molar-refractivity contribution < 1.29 is 4.92 Å². The quantitative estimate of drug-likeness (QED) is 0.159. The summed E-state index contributed by atoms with van der Waals surface area (Å²) in [7, 11) is 0. The molecule has 0 fully saturated rings. The molecule has 5 rings (SSSR count). The first-order valence-electron chi connectivity index (χ1n) is 8.14. The molecule has 3 nitrogen and oxygen atoms in total. The number of hydrogen-bond donors (Lipinski definition) is 0. The zero-order chi connectivity index (χ0) is 17.0. The SMILES string of the molecule is O=[N+]([O-])c1c2ccc3ccccc3c2cc2ccc3ccccc3c12. The Kier molecular flexibility index (Phi) is 2.80. The van der Waals surface area contributed by atoms with E-state index in [4.69, 9.17) is 0 Å². The Morgan fingerprint density at radius 2 is 1.20 bits per heavy atom. The lowest BCUT2D eigenvalue weighted by Gasteiger charge is -2.10. The van der Waals surface area contributed by atoms with Crippen LogP contribution < -0.4 is 0 Å². The van der Waals surface area contributed by atoms with Gasteiger partial charge < -0.3 is 0 Å². The van der Waals surface area contributed by atoms with Crippen molar-refractivity contribution in [2.45, 2.75) is 0 Å². The number of non-ortho nitro benzene ring substituents is 1. The van der Waals surface area contributed by atoms with Crippen molar-refractivity contribution in [3.8, 4) is 0 Å². The van der Waals surface area contributed by atoms with Crippen LogP contribution in [0.5, 0.6) is 0 Å². The van der Waals surface area contributed by atoms with Crippen LogP contribution in [0.15, 0.2) is 78.9 Å². The molecular formula is C22H13NO2. The molecule has 0 saturated heterocycles. The van der Waals surface area contributed by atoms with Gasteiger partial charge in [0.15, 0.2) is 0 Å². The second-order valence-corrected chi connectivity index (χ2v) is 6.25. The Balaban J connectivity index is 2.12. The molecule has 0 amide bonds. The van der Waals surface area contributed by atoms with Crippen LogP contribution in [0.3, 0.4) is 0 Å². The van der Waals surface area contributed by atoms with Crippen molar-refractivity contribution in [1.29, 1.82) is 0 Å². The van der Waals surface area contributed by atoms with Crippen LogP contribution in [0, 0.1) is 10.1 Å². The standard InChI is InChI=1S/C22H13NO2/c24-23(25)22-19-12-11-14-5-1-3-7-17(14)20(19)13-16-10-9-15-6-2-4-8-18(15)21(16)22/h1-13H. The van der Waals surface area contributed by atoms with Gasteiger partial charge in [-0.25, -0.2) is 0 Å². The molecule has 0 aliphatic rings.